The predicted octanol–water partition coefficient (Wildman–Crippen LogP) is 2.98. The lowest BCUT2D eigenvalue weighted by atomic mass is 9.98. The number of aliphatic imine (C=N–C) groups is 1. The molecule has 0 bridgehead atoms. The third kappa shape index (κ3) is 4.66. The number of ether oxygens (including phenoxy) is 1. The van der Waals surface area contributed by atoms with Gasteiger partial charge in [0.15, 0.2) is 0 Å². The smallest absolute Gasteiger partial charge is 0.413 e. The Morgan fingerprint density at radius 2 is 2.32 bits per heavy atom. The lowest BCUT2D eigenvalue weighted by Gasteiger charge is -2.24. The third-order valence-electron chi connectivity index (χ3n) is 3.51. The number of thioether (sulfide) groups is 1. The zero-order valence-electron chi connectivity index (χ0n) is 13.1. The molecule has 2 rings (SSSR count). The maximum absolute atomic E-state index is 11.2. The van der Waals surface area contributed by atoms with Crippen LogP contribution in [0.25, 0.3) is 0 Å². The number of amides is 1. The van der Waals surface area contributed by atoms with Crippen molar-refractivity contribution in [3.8, 4) is 0 Å². The van der Waals surface area contributed by atoms with Crippen molar-refractivity contribution in [3.05, 3.63) is 29.8 Å². The molecule has 1 heterocycles. The molecule has 1 aliphatic heterocycles. The number of benzene rings is 1. The Hall–Kier alpha value is -1.69. The van der Waals surface area contributed by atoms with Gasteiger partial charge in [0.2, 0.25) is 5.96 Å². The van der Waals surface area contributed by atoms with E-state index in [0.29, 0.717) is 18.4 Å². The highest BCUT2D eigenvalue weighted by Gasteiger charge is 2.20. The number of nitrogens with zero attached hydrogens (tertiary/aromatic N) is 1. The van der Waals surface area contributed by atoms with Crippen LogP contribution in [-0.2, 0) is 4.74 Å². The molecule has 0 aromatic heterocycles. The number of methoxy groups -OCH3 is 1. The van der Waals surface area contributed by atoms with Crippen LogP contribution in [-0.4, -0.2) is 38.0 Å². The van der Waals surface area contributed by atoms with E-state index in [9.17, 15) is 4.79 Å². The monoisotopic (exact) mass is 321 g/mol. The molecule has 1 aromatic carbocycles. The van der Waals surface area contributed by atoms with Gasteiger partial charge in [-0.05, 0) is 23.8 Å². The molecule has 0 radical (unpaired) electrons. The van der Waals surface area contributed by atoms with E-state index in [1.165, 1.54) is 30.4 Å². The van der Waals surface area contributed by atoms with Gasteiger partial charge in [-0.3, -0.25) is 10.3 Å². The summed E-state index contributed by atoms with van der Waals surface area (Å²) in [4.78, 5) is 16.9. The first kappa shape index (κ1) is 16.7. The van der Waals surface area contributed by atoms with Crippen molar-refractivity contribution >= 4 is 23.8 Å². The lowest BCUT2D eigenvalue weighted by molar-refractivity contribution is 0.176. The quantitative estimate of drug-likeness (QED) is 0.646. The van der Waals surface area contributed by atoms with Gasteiger partial charge in [0.25, 0.3) is 0 Å². The molecule has 1 aromatic rings. The standard InChI is InChI=1S/C16H23N3O2S/c1-3-4-9-22-14-8-6-5-7-13(14)12-10-17-15(18-11-12)19-16(20)21-2/h5-8,12H,3-4,9-11H2,1-2H3,(H2,17,18,19,20). The predicted molar refractivity (Wildman–Crippen MR) is 90.7 cm³/mol. The lowest BCUT2D eigenvalue weighted by Crippen LogP contribution is -2.45. The van der Waals surface area contributed by atoms with Gasteiger partial charge in [0.1, 0.15) is 0 Å². The molecule has 1 unspecified atom stereocenters. The first-order valence-electron chi connectivity index (χ1n) is 7.59. The Labute approximate surface area is 135 Å². The molecule has 0 fully saturated rings. The number of nitrogens with one attached hydrogen (secondary N) is 2. The van der Waals surface area contributed by atoms with Crippen LogP contribution >= 0.6 is 11.8 Å². The normalized spacial score (nSPS) is 17.4. The molecule has 120 valence electrons. The number of rotatable bonds is 5. The molecule has 0 saturated carbocycles. The summed E-state index contributed by atoms with van der Waals surface area (Å²) in [5.74, 6) is 1.96. The minimum Gasteiger partial charge on any atom is -0.453 e. The van der Waals surface area contributed by atoms with Gasteiger partial charge >= 0.3 is 6.09 Å². The molecule has 5 nitrogen and oxygen atoms in total. The zero-order chi connectivity index (χ0) is 15.8. The molecule has 0 aliphatic carbocycles. The number of unbranched alkanes of at least 4 members (excludes halogenated alkanes) is 1. The molecule has 1 aliphatic rings. The van der Waals surface area contributed by atoms with E-state index in [1.807, 2.05) is 11.8 Å². The number of carbonyl (C=O) groups excluding carboxylic acids is 1. The number of carbonyl (C=O) groups is 1. The minimum atomic E-state index is -0.500. The fraction of sp³-hybridized carbons (Fsp3) is 0.500. The van der Waals surface area contributed by atoms with Gasteiger partial charge in [-0.1, -0.05) is 31.5 Å². The fourth-order valence-corrected chi connectivity index (χ4v) is 3.49. The van der Waals surface area contributed by atoms with Gasteiger partial charge in [-0.2, -0.15) is 0 Å². The van der Waals surface area contributed by atoms with Crippen molar-refractivity contribution in [2.45, 2.75) is 30.6 Å². The van der Waals surface area contributed by atoms with Gasteiger partial charge in [0, 0.05) is 17.4 Å². The highest BCUT2D eigenvalue weighted by atomic mass is 32.2. The maximum atomic E-state index is 11.2. The number of hydrogen-bond donors (Lipinski definition) is 2. The third-order valence-corrected chi connectivity index (χ3v) is 4.68. The summed E-state index contributed by atoms with van der Waals surface area (Å²) >= 11 is 1.91. The van der Waals surface area contributed by atoms with E-state index in [-0.39, 0.29) is 0 Å². The average molecular weight is 321 g/mol. The Kier molecular flexibility index (Phi) is 6.58. The van der Waals surface area contributed by atoms with Crippen LogP contribution in [0.15, 0.2) is 34.2 Å². The van der Waals surface area contributed by atoms with Crippen molar-refractivity contribution in [1.82, 2.24) is 10.6 Å². The van der Waals surface area contributed by atoms with Gasteiger partial charge in [-0.25, -0.2) is 4.79 Å². The summed E-state index contributed by atoms with van der Waals surface area (Å²) < 4.78 is 4.56. The van der Waals surface area contributed by atoms with Crippen LogP contribution in [0.3, 0.4) is 0 Å². The second-order valence-electron chi connectivity index (χ2n) is 5.12. The summed E-state index contributed by atoms with van der Waals surface area (Å²) in [5, 5.41) is 5.73. The second kappa shape index (κ2) is 8.68. The second-order valence-corrected chi connectivity index (χ2v) is 6.26. The molecule has 0 spiro atoms. The van der Waals surface area contributed by atoms with Crippen LogP contribution < -0.4 is 10.6 Å². The van der Waals surface area contributed by atoms with Crippen molar-refractivity contribution in [2.75, 3.05) is 26.0 Å². The van der Waals surface area contributed by atoms with Crippen LogP contribution in [0.1, 0.15) is 31.2 Å². The van der Waals surface area contributed by atoms with Gasteiger partial charge in [-0.15, -0.1) is 11.8 Å². The number of guanidine groups is 1. The van der Waals surface area contributed by atoms with E-state index in [1.54, 1.807) is 0 Å². The SMILES string of the molecule is CCCCSc1ccccc1C1CN=C(NC(=O)OC)NC1. The Morgan fingerprint density at radius 3 is 3.00 bits per heavy atom. The van der Waals surface area contributed by atoms with E-state index in [0.717, 1.165) is 12.3 Å². The summed E-state index contributed by atoms with van der Waals surface area (Å²) in [6.45, 7) is 3.63. The molecular weight excluding hydrogens is 298 g/mol. The van der Waals surface area contributed by atoms with E-state index < -0.39 is 6.09 Å². The highest BCUT2D eigenvalue weighted by molar-refractivity contribution is 7.99. The first-order valence-corrected chi connectivity index (χ1v) is 8.58. The van der Waals surface area contributed by atoms with E-state index >= 15 is 0 Å². The van der Waals surface area contributed by atoms with Crippen LogP contribution in [0.4, 0.5) is 4.79 Å². The maximum Gasteiger partial charge on any atom is 0.413 e. The fourth-order valence-electron chi connectivity index (χ4n) is 2.26. The zero-order valence-corrected chi connectivity index (χ0v) is 13.9. The molecule has 1 amide bonds. The number of hydrogen-bond acceptors (Lipinski definition) is 5. The molecule has 1 atom stereocenters. The van der Waals surface area contributed by atoms with Gasteiger partial charge < -0.3 is 10.1 Å². The van der Waals surface area contributed by atoms with Gasteiger partial charge in [0.05, 0.1) is 13.7 Å². The highest BCUT2D eigenvalue weighted by Crippen LogP contribution is 2.30. The average Bonchev–Trinajstić information content (AvgIpc) is 2.56. The molecular formula is C16H23N3O2S. The Balaban J connectivity index is 2.00. The molecule has 22 heavy (non-hydrogen) atoms. The van der Waals surface area contributed by atoms with Crippen LogP contribution in [0.5, 0.6) is 0 Å². The molecule has 6 heteroatoms. The largest absolute Gasteiger partial charge is 0.453 e. The van der Waals surface area contributed by atoms with Crippen molar-refractivity contribution < 1.29 is 9.53 Å². The first-order chi connectivity index (χ1) is 10.7. The van der Waals surface area contributed by atoms with Crippen molar-refractivity contribution in [1.29, 1.82) is 0 Å². The van der Waals surface area contributed by atoms with Crippen molar-refractivity contribution in [2.24, 2.45) is 4.99 Å². The van der Waals surface area contributed by atoms with Crippen molar-refractivity contribution in [3.63, 3.8) is 0 Å². The summed E-state index contributed by atoms with van der Waals surface area (Å²) in [5.41, 5.74) is 1.33. The molecule has 0 saturated heterocycles. The van der Waals surface area contributed by atoms with E-state index in [2.05, 4.69) is 51.6 Å². The summed E-state index contributed by atoms with van der Waals surface area (Å²) in [6, 6.07) is 8.52. The van der Waals surface area contributed by atoms with Crippen LogP contribution in [0, 0.1) is 0 Å². The van der Waals surface area contributed by atoms with E-state index in [4.69, 9.17) is 0 Å². The minimum absolute atomic E-state index is 0.327. The summed E-state index contributed by atoms with van der Waals surface area (Å²) in [6.07, 6.45) is 1.94. The topological polar surface area (TPSA) is 62.7 Å². The summed E-state index contributed by atoms with van der Waals surface area (Å²) in [7, 11) is 1.34. The molecule has 2 N–H and O–H groups in total. The Bertz CT molecular complexity index is 534. The Morgan fingerprint density at radius 1 is 1.50 bits per heavy atom. The van der Waals surface area contributed by atoms with Crippen LogP contribution in [0.2, 0.25) is 0 Å². The number of alkyl carbamates (subject to hydrolysis) is 1.